The number of hydrogen-bond donors (Lipinski definition) is 2. The van der Waals surface area contributed by atoms with E-state index in [-0.39, 0.29) is 6.42 Å². The molecule has 1 heterocycles. The molecular formula is C7H8N2O3S. The zero-order valence-corrected chi connectivity index (χ0v) is 7.72. The van der Waals surface area contributed by atoms with Gasteiger partial charge in [-0.15, -0.1) is 11.8 Å². The Bertz CT molecular complexity index is 374. The summed E-state index contributed by atoms with van der Waals surface area (Å²) in [5.41, 5.74) is -0.139. The van der Waals surface area contributed by atoms with Crippen molar-refractivity contribution in [1.82, 2.24) is 9.97 Å². The van der Waals surface area contributed by atoms with Crippen LogP contribution in [0.25, 0.3) is 0 Å². The quantitative estimate of drug-likeness (QED) is 0.535. The van der Waals surface area contributed by atoms with Gasteiger partial charge in [-0.3, -0.25) is 4.79 Å². The van der Waals surface area contributed by atoms with E-state index in [9.17, 15) is 9.59 Å². The van der Waals surface area contributed by atoms with Crippen LogP contribution in [0, 0.1) is 0 Å². The number of hydrogen-bond acceptors (Lipinski definition) is 4. The number of aliphatic carboxylic acids is 1. The van der Waals surface area contributed by atoms with Crippen LogP contribution in [-0.4, -0.2) is 27.3 Å². The van der Waals surface area contributed by atoms with Crippen molar-refractivity contribution < 1.29 is 9.90 Å². The van der Waals surface area contributed by atoms with Gasteiger partial charge in [-0.1, -0.05) is 0 Å². The fourth-order valence-corrected chi connectivity index (χ4v) is 1.28. The number of thioether (sulfide) groups is 1. The molecule has 0 aliphatic rings. The van der Waals surface area contributed by atoms with E-state index in [4.69, 9.17) is 5.11 Å². The lowest BCUT2D eigenvalue weighted by Gasteiger charge is -1.98. The minimum atomic E-state index is -0.978. The maximum Gasteiger partial charge on any atom is 0.346 e. The van der Waals surface area contributed by atoms with Crippen LogP contribution in [0.5, 0.6) is 0 Å². The first-order valence-corrected chi connectivity index (χ1v) is 4.70. The molecule has 0 radical (unpaired) electrons. The summed E-state index contributed by atoms with van der Waals surface area (Å²) in [6.07, 6.45) is 1.58. The summed E-state index contributed by atoms with van der Waals surface area (Å²) < 4.78 is 0. The van der Waals surface area contributed by atoms with Crippen molar-refractivity contribution in [2.24, 2.45) is 0 Å². The summed E-state index contributed by atoms with van der Waals surface area (Å²) in [6.45, 7) is 0. The van der Waals surface area contributed by atoms with E-state index < -0.39 is 11.7 Å². The molecule has 6 heteroatoms. The second kappa shape index (κ2) is 4.08. The molecule has 2 N–H and O–H groups in total. The molecule has 0 unspecified atom stereocenters. The van der Waals surface area contributed by atoms with Crippen molar-refractivity contribution >= 4 is 17.7 Å². The van der Waals surface area contributed by atoms with Crippen LogP contribution in [0.15, 0.2) is 15.9 Å². The molecule has 0 aliphatic carbocycles. The highest BCUT2D eigenvalue weighted by Crippen LogP contribution is 2.09. The molecule has 0 bridgehead atoms. The van der Waals surface area contributed by atoms with Crippen LogP contribution in [0.3, 0.4) is 0 Å². The second-order valence-corrected chi connectivity index (χ2v) is 3.15. The lowest BCUT2D eigenvalue weighted by molar-refractivity contribution is -0.136. The van der Waals surface area contributed by atoms with Gasteiger partial charge in [0.25, 0.3) is 0 Å². The summed E-state index contributed by atoms with van der Waals surface area (Å²) >= 11 is 1.30. The fourth-order valence-electron chi connectivity index (χ4n) is 0.846. The topological polar surface area (TPSA) is 83.0 Å². The molecule has 0 spiro atoms. The number of nitrogens with one attached hydrogen (secondary N) is 1. The van der Waals surface area contributed by atoms with Gasteiger partial charge in [0.05, 0.1) is 6.42 Å². The van der Waals surface area contributed by atoms with Gasteiger partial charge in [0.2, 0.25) is 0 Å². The van der Waals surface area contributed by atoms with Gasteiger partial charge >= 0.3 is 11.7 Å². The molecule has 0 saturated heterocycles. The van der Waals surface area contributed by atoms with Gasteiger partial charge in [-0.25, -0.2) is 4.79 Å². The molecule has 1 rings (SSSR count). The summed E-state index contributed by atoms with van der Waals surface area (Å²) in [5, 5.41) is 9.00. The Morgan fingerprint density at radius 3 is 3.00 bits per heavy atom. The number of aromatic nitrogens is 2. The predicted molar refractivity (Wildman–Crippen MR) is 48.0 cm³/mol. The predicted octanol–water partition coefficient (Wildman–Crippen LogP) is 0.119. The zero-order valence-electron chi connectivity index (χ0n) is 6.90. The van der Waals surface area contributed by atoms with E-state index in [1.54, 1.807) is 12.3 Å². The van der Waals surface area contributed by atoms with Crippen molar-refractivity contribution in [2.45, 2.75) is 11.4 Å². The van der Waals surface area contributed by atoms with Crippen LogP contribution in [-0.2, 0) is 11.2 Å². The molecule has 0 aliphatic heterocycles. The average Bonchev–Trinajstić information content (AvgIpc) is 2.01. The van der Waals surface area contributed by atoms with Gasteiger partial charge in [0.15, 0.2) is 0 Å². The van der Waals surface area contributed by atoms with Crippen LogP contribution >= 0.6 is 11.8 Å². The van der Waals surface area contributed by atoms with Gasteiger partial charge in [0.1, 0.15) is 5.03 Å². The van der Waals surface area contributed by atoms with E-state index >= 15 is 0 Å². The number of aromatic amines is 1. The SMILES string of the molecule is CSc1cc(CC(=O)O)[nH]c(=O)n1. The highest BCUT2D eigenvalue weighted by molar-refractivity contribution is 7.98. The summed E-state index contributed by atoms with van der Waals surface area (Å²) in [7, 11) is 0. The Labute approximate surface area is 78.2 Å². The normalized spacial score (nSPS) is 9.92. The molecule has 0 amide bonds. The highest BCUT2D eigenvalue weighted by Gasteiger charge is 2.03. The number of carbonyl (C=O) groups is 1. The maximum atomic E-state index is 10.9. The number of rotatable bonds is 3. The molecule has 13 heavy (non-hydrogen) atoms. The Hall–Kier alpha value is -1.30. The minimum Gasteiger partial charge on any atom is -0.481 e. The van der Waals surface area contributed by atoms with Gasteiger partial charge in [-0.2, -0.15) is 4.98 Å². The van der Waals surface area contributed by atoms with Crippen LogP contribution in [0.4, 0.5) is 0 Å². The number of carboxylic acids is 1. The number of nitrogens with zero attached hydrogens (tertiary/aromatic N) is 1. The standard InChI is InChI=1S/C7H8N2O3S/c1-13-5-2-4(3-6(10)11)8-7(12)9-5/h2H,3H2,1H3,(H,10,11)(H,8,9,12). The van der Waals surface area contributed by atoms with Crippen LogP contribution in [0.1, 0.15) is 5.69 Å². The monoisotopic (exact) mass is 200 g/mol. The average molecular weight is 200 g/mol. The Kier molecular flexibility index (Phi) is 3.07. The van der Waals surface area contributed by atoms with E-state index in [1.165, 1.54) is 11.8 Å². The molecule has 70 valence electrons. The first-order chi connectivity index (χ1) is 6.11. The third-order valence-corrected chi connectivity index (χ3v) is 1.96. The van der Waals surface area contributed by atoms with E-state index in [0.717, 1.165) is 0 Å². The van der Waals surface area contributed by atoms with Gasteiger partial charge in [-0.05, 0) is 12.3 Å². The molecule has 0 fully saturated rings. The summed E-state index contributed by atoms with van der Waals surface area (Å²) in [5.74, 6) is -0.978. The maximum absolute atomic E-state index is 10.9. The highest BCUT2D eigenvalue weighted by atomic mass is 32.2. The summed E-state index contributed by atoms with van der Waals surface area (Å²) in [6, 6.07) is 1.56. The molecule has 0 saturated carbocycles. The Morgan fingerprint density at radius 2 is 2.46 bits per heavy atom. The minimum absolute atomic E-state index is 0.189. The molecular weight excluding hydrogens is 192 g/mol. The fraction of sp³-hybridized carbons (Fsp3) is 0.286. The smallest absolute Gasteiger partial charge is 0.346 e. The molecule has 1 aromatic heterocycles. The van der Waals surface area contributed by atoms with Crippen molar-refractivity contribution in [2.75, 3.05) is 6.26 Å². The van der Waals surface area contributed by atoms with Crippen molar-refractivity contribution in [3.05, 3.63) is 22.2 Å². The third kappa shape index (κ3) is 2.90. The van der Waals surface area contributed by atoms with Crippen LogP contribution < -0.4 is 5.69 Å². The summed E-state index contributed by atoms with van der Waals surface area (Å²) in [4.78, 5) is 27.2. The molecule has 0 aromatic carbocycles. The zero-order chi connectivity index (χ0) is 9.84. The Morgan fingerprint density at radius 1 is 1.77 bits per heavy atom. The van der Waals surface area contributed by atoms with E-state index in [1.807, 2.05) is 0 Å². The van der Waals surface area contributed by atoms with Crippen molar-refractivity contribution in [3.63, 3.8) is 0 Å². The first kappa shape index (κ1) is 9.79. The Balaban J connectivity index is 3.01. The lowest BCUT2D eigenvalue weighted by Crippen LogP contribution is -2.15. The second-order valence-electron chi connectivity index (χ2n) is 2.32. The van der Waals surface area contributed by atoms with Crippen LogP contribution in [0.2, 0.25) is 0 Å². The van der Waals surface area contributed by atoms with Gasteiger partial charge < -0.3 is 10.1 Å². The molecule has 1 aromatic rings. The van der Waals surface area contributed by atoms with E-state index in [0.29, 0.717) is 10.7 Å². The largest absolute Gasteiger partial charge is 0.481 e. The molecule has 5 nitrogen and oxygen atoms in total. The lowest BCUT2D eigenvalue weighted by atomic mass is 10.3. The van der Waals surface area contributed by atoms with Gasteiger partial charge in [0, 0.05) is 5.69 Å². The number of carboxylic acid groups (broad SMARTS) is 1. The van der Waals surface area contributed by atoms with Crippen molar-refractivity contribution in [1.29, 1.82) is 0 Å². The first-order valence-electron chi connectivity index (χ1n) is 3.48. The number of H-pyrrole nitrogens is 1. The third-order valence-electron chi connectivity index (χ3n) is 1.33. The van der Waals surface area contributed by atoms with E-state index in [2.05, 4.69) is 9.97 Å². The van der Waals surface area contributed by atoms with Crippen molar-refractivity contribution in [3.8, 4) is 0 Å². The molecule has 0 atom stereocenters.